The lowest BCUT2D eigenvalue weighted by Crippen LogP contribution is -2.46. The summed E-state index contributed by atoms with van der Waals surface area (Å²) < 4.78 is 22.9. The number of anilines is 2. The predicted octanol–water partition coefficient (Wildman–Crippen LogP) is 1.71. The van der Waals surface area contributed by atoms with Gasteiger partial charge in [0.1, 0.15) is 23.1 Å². The largest absolute Gasteiger partial charge is 0.452 e. The number of benzene rings is 1. The van der Waals surface area contributed by atoms with Crippen molar-refractivity contribution in [3.63, 3.8) is 0 Å². The molecule has 0 bridgehead atoms. The first-order valence-corrected chi connectivity index (χ1v) is 10.6. The molecule has 3 aromatic rings. The molecule has 10 heteroatoms. The van der Waals surface area contributed by atoms with Crippen LogP contribution in [-0.2, 0) is 20.1 Å². The number of nitrogens with zero attached hydrogens (tertiary/aromatic N) is 5. The van der Waals surface area contributed by atoms with Crippen LogP contribution in [0.25, 0.3) is 0 Å². The molecule has 1 atom stereocenters. The van der Waals surface area contributed by atoms with Crippen molar-refractivity contribution in [2.45, 2.75) is 32.8 Å². The molecular formula is C23H27FN6O3. The number of rotatable bonds is 7. The van der Waals surface area contributed by atoms with E-state index in [0.717, 1.165) is 11.3 Å². The van der Waals surface area contributed by atoms with Gasteiger partial charge in [0.15, 0.2) is 0 Å². The number of aliphatic hydroxyl groups is 1. The summed E-state index contributed by atoms with van der Waals surface area (Å²) in [6.45, 7) is 2.34. The Morgan fingerprint density at radius 1 is 1.24 bits per heavy atom. The molecule has 1 unspecified atom stereocenters. The number of nitrogens with one attached hydrogen (secondary N) is 1. The Morgan fingerprint density at radius 2 is 2.03 bits per heavy atom. The van der Waals surface area contributed by atoms with Gasteiger partial charge in [-0.25, -0.2) is 4.39 Å². The highest BCUT2D eigenvalue weighted by atomic mass is 19.1. The summed E-state index contributed by atoms with van der Waals surface area (Å²) in [6.07, 6.45) is 1.34. The van der Waals surface area contributed by atoms with Gasteiger partial charge in [0.05, 0.1) is 12.2 Å². The van der Waals surface area contributed by atoms with E-state index in [-0.39, 0.29) is 30.9 Å². The highest BCUT2D eigenvalue weighted by Gasteiger charge is 2.40. The minimum Gasteiger partial charge on any atom is -0.452 e. The van der Waals surface area contributed by atoms with E-state index in [4.69, 9.17) is 10.1 Å². The van der Waals surface area contributed by atoms with E-state index in [2.05, 4.69) is 4.98 Å². The molecule has 1 aromatic carbocycles. The monoisotopic (exact) mass is 454 g/mol. The number of pyridine rings is 1. The summed E-state index contributed by atoms with van der Waals surface area (Å²) in [5.74, 6) is 0.400. The number of halogens is 1. The third-order valence-corrected chi connectivity index (χ3v) is 5.65. The predicted molar refractivity (Wildman–Crippen MR) is 122 cm³/mol. The van der Waals surface area contributed by atoms with Gasteiger partial charge in [0, 0.05) is 39.5 Å². The number of ether oxygens (including phenoxy) is 1. The molecule has 0 saturated carbocycles. The minimum atomic E-state index is -0.767. The van der Waals surface area contributed by atoms with Gasteiger partial charge in [0.2, 0.25) is 5.62 Å². The van der Waals surface area contributed by atoms with E-state index < -0.39 is 12.2 Å². The maximum absolute atomic E-state index is 13.8. The fourth-order valence-electron chi connectivity index (χ4n) is 4.00. The molecule has 33 heavy (non-hydrogen) atoms. The first kappa shape index (κ1) is 22.5. The Kier molecular flexibility index (Phi) is 6.19. The topological polar surface area (TPSA) is 99.6 Å². The Hall–Kier alpha value is -3.66. The van der Waals surface area contributed by atoms with E-state index >= 15 is 0 Å². The summed E-state index contributed by atoms with van der Waals surface area (Å²) in [5.41, 5.74) is 1.76. The van der Waals surface area contributed by atoms with Crippen molar-refractivity contribution in [1.29, 1.82) is 5.41 Å². The number of hydrogen-bond acceptors (Lipinski definition) is 7. The fourth-order valence-corrected chi connectivity index (χ4v) is 4.00. The summed E-state index contributed by atoms with van der Waals surface area (Å²) in [7, 11) is 3.47. The number of fused-ring (bicyclic) bond motifs is 1. The molecule has 2 N–H and O–H groups in total. The molecule has 0 aliphatic carbocycles. The zero-order chi connectivity index (χ0) is 23.7. The second-order valence-electron chi connectivity index (χ2n) is 8.06. The Bertz CT molecular complexity index is 1270. The molecule has 2 aromatic heterocycles. The minimum absolute atomic E-state index is 0.0128. The number of aromatic nitrogens is 3. The van der Waals surface area contributed by atoms with Gasteiger partial charge < -0.3 is 19.6 Å². The van der Waals surface area contributed by atoms with E-state index in [1.54, 1.807) is 46.8 Å². The van der Waals surface area contributed by atoms with E-state index in [9.17, 15) is 14.3 Å². The van der Waals surface area contributed by atoms with Crippen molar-refractivity contribution >= 4 is 11.5 Å². The standard InChI is InChI=1S/C23H27FN6O3/c1-15-8-9-17(26-13-15)14-30-19-20(27(2)22(25)29(21(19)32)10-5-11-31)28(3)23(30)33-18-7-4-6-16(24)12-18/h4,6-9,12-13,23,25,31H,5,10-11,14H2,1-3H3. The van der Waals surface area contributed by atoms with Crippen LogP contribution in [0.4, 0.5) is 15.9 Å². The highest BCUT2D eigenvalue weighted by Crippen LogP contribution is 2.36. The lowest BCUT2D eigenvalue weighted by molar-refractivity contribution is 0.200. The quantitative estimate of drug-likeness (QED) is 0.564. The number of hydrogen-bond donors (Lipinski definition) is 2. The molecular weight excluding hydrogens is 427 g/mol. The molecule has 1 aliphatic heterocycles. The van der Waals surface area contributed by atoms with E-state index in [0.29, 0.717) is 23.7 Å². The van der Waals surface area contributed by atoms with Crippen molar-refractivity contribution in [3.8, 4) is 5.75 Å². The highest BCUT2D eigenvalue weighted by molar-refractivity contribution is 5.72. The zero-order valence-electron chi connectivity index (χ0n) is 18.8. The summed E-state index contributed by atoms with van der Waals surface area (Å²) in [5, 5.41) is 17.7. The smallest absolute Gasteiger partial charge is 0.280 e. The van der Waals surface area contributed by atoms with Crippen LogP contribution in [0.15, 0.2) is 47.4 Å². The molecule has 0 fully saturated rings. The molecule has 0 radical (unpaired) electrons. The Balaban J connectivity index is 1.84. The molecule has 4 rings (SSSR count). The van der Waals surface area contributed by atoms with Crippen molar-refractivity contribution in [3.05, 3.63) is 75.6 Å². The molecule has 174 valence electrons. The Morgan fingerprint density at radius 3 is 2.70 bits per heavy atom. The van der Waals surface area contributed by atoms with Gasteiger partial charge >= 0.3 is 0 Å². The normalized spacial score (nSPS) is 15.1. The van der Waals surface area contributed by atoms with E-state index in [1.165, 1.54) is 16.7 Å². The summed E-state index contributed by atoms with van der Waals surface area (Å²) >= 11 is 0. The van der Waals surface area contributed by atoms with Crippen molar-refractivity contribution in [2.75, 3.05) is 23.5 Å². The third-order valence-electron chi connectivity index (χ3n) is 5.65. The van der Waals surface area contributed by atoms with Crippen molar-refractivity contribution in [2.24, 2.45) is 7.05 Å². The number of aryl methyl sites for hydroxylation is 1. The molecule has 1 aliphatic rings. The van der Waals surface area contributed by atoms with Gasteiger partial charge in [-0.2, -0.15) is 0 Å². The second-order valence-corrected chi connectivity index (χ2v) is 8.06. The molecule has 0 saturated heterocycles. The van der Waals surface area contributed by atoms with Crippen LogP contribution in [0, 0.1) is 18.2 Å². The Labute approximate surface area is 190 Å². The average Bonchev–Trinajstić information content (AvgIpc) is 3.05. The van der Waals surface area contributed by atoms with Gasteiger partial charge in [-0.05, 0) is 37.1 Å². The van der Waals surface area contributed by atoms with Gasteiger partial charge in [0.25, 0.3) is 11.9 Å². The lowest BCUT2D eigenvalue weighted by Gasteiger charge is -2.30. The average molecular weight is 455 g/mol. The van der Waals surface area contributed by atoms with Crippen LogP contribution in [0.3, 0.4) is 0 Å². The van der Waals surface area contributed by atoms with Crippen molar-refractivity contribution in [1.82, 2.24) is 14.1 Å². The summed E-state index contributed by atoms with van der Waals surface area (Å²) in [6, 6.07) is 9.66. The maximum atomic E-state index is 13.8. The molecule has 9 nitrogen and oxygen atoms in total. The summed E-state index contributed by atoms with van der Waals surface area (Å²) in [4.78, 5) is 21.5. The van der Waals surface area contributed by atoms with Crippen LogP contribution < -0.4 is 25.7 Å². The van der Waals surface area contributed by atoms with Crippen LogP contribution in [0.2, 0.25) is 0 Å². The molecule has 0 spiro atoms. The number of aliphatic hydroxyl groups excluding tert-OH is 1. The van der Waals surface area contributed by atoms with Gasteiger partial charge in [-0.1, -0.05) is 12.1 Å². The zero-order valence-corrected chi connectivity index (χ0v) is 18.8. The van der Waals surface area contributed by atoms with Crippen molar-refractivity contribution < 1.29 is 14.2 Å². The van der Waals surface area contributed by atoms with Crippen LogP contribution in [0.1, 0.15) is 17.7 Å². The van der Waals surface area contributed by atoms with Crippen LogP contribution >= 0.6 is 0 Å². The van der Waals surface area contributed by atoms with Crippen LogP contribution in [0.5, 0.6) is 5.75 Å². The van der Waals surface area contributed by atoms with Crippen LogP contribution in [-0.4, -0.2) is 39.2 Å². The molecule has 0 amide bonds. The third kappa shape index (κ3) is 4.21. The van der Waals surface area contributed by atoms with E-state index in [1.807, 2.05) is 19.1 Å². The first-order chi connectivity index (χ1) is 15.8. The first-order valence-electron chi connectivity index (χ1n) is 10.6. The fraction of sp³-hybridized carbons (Fsp3) is 0.348. The molecule has 3 heterocycles. The van der Waals surface area contributed by atoms with Gasteiger partial charge in [-0.15, -0.1) is 0 Å². The SMILES string of the molecule is Cc1ccc(CN2c3c(n(C)c(=N)n(CCCO)c3=O)N(C)C2Oc2cccc(F)c2)nc1. The maximum Gasteiger partial charge on any atom is 0.280 e. The lowest BCUT2D eigenvalue weighted by atomic mass is 10.2. The second kappa shape index (κ2) is 9.07. The van der Waals surface area contributed by atoms with Gasteiger partial charge in [-0.3, -0.25) is 24.3 Å².